The lowest BCUT2D eigenvalue weighted by molar-refractivity contribution is -0.153. The molecular weight excluding hydrogens is 1490 g/mol. The number of morpholine rings is 3. The number of aromatic nitrogens is 12. The van der Waals surface area contributed by atoms with E-state index in [1.165, 1.54) is 6.08 Å². The summed E-state index contributed by atoms with van der Waals surface area (Å²) in [5.41, 5.74) is 6.75. The van der Waals surface area contributed by atoms with Crippen molar-refractivity contribution in [2.24, 2.45) is 0 Å². The van der Waals surface area contributed by atoms with Crippen molar-refractivity contribution in [1.82, 2.24) is 89.9 Å². The van der Waals surface area contributed by atoms with E-state index >= 15 is 0 Å². The first kappa shape index (κ1) is 78.8. The number of amides is 9. The number of hydrogen-bond donors (Lipinski definition) is 6. The third-order valence-corrected chi connectivity index (χ3v) is 22.0. The third kappa shape index (κ3) is 17.7. The topological polar surface area (TPSA) is 405 Å². The molecule has 0 bridgehead atoms. The molecule has 2 atom stereocenters. The number of ether oxygens (including phenoxy) is 5. The Labute approximate surface area is 667 Å². The molecule has 116 heavy (non-hydrogen) atoms. The van der Waals surface area contributed by atoms with Gasteiger partial charge in [-0.3, -0.25) is 24.0 Å². The number of urea groups is 3. The average molecular weight is 1590 g/mol. The van der Waals surface area contributed by atoms with Gasteiger partial charge in [-0.2, -0.15) is 15.3 Å². The second kappa shape index (κ2) is 35.9. The predicted molar refractivity (Wildman–Crippen MR) is 429 cm³/mol. The van der Waals surface area contributed by atoms with Gasteiger partial charge in [0.1, 0.15) is 17.5 Å². The van der Waals surface area contributed by atoms with Gasteiger partial charge in [0.05, 0.1) is 92.5 Å². The highest BCUT2D eigenvalue weighted by atomic mass is 16.6. The van der Waals surface area contributed by atoms with E-state index in [1.807, 2.05) is 110 Å². The van der Waals surface area contributed by atoms with Crippen LogP contribution in [0.3, 0.4) is 0 Å². The summed E-state index contributed by atoms with van der Waals surface area (Å²) in [6.45, 7) is 15.3. The first-order valence-corrected chi connectivity index (χ1v) is 39.5. The van der Waals surface area contributed by atoms with Crippen LogP contribution in [0.4, 0.5) is 48.9 Å². The Hall–Kier alpha value is -12.5. The number of cyclic esters (lactones) is 2. The molecule has 8 saturated heterocycles. The average Bonchev–Trinajstić information content (AvgIpc) is 1.61. The maximum absolute atomic E-state index is 12.8. The van der Waals surface area contributed by atoms with Gasteiger partial charge in [-0.15, -0.1) is 0 Å². The maximum Gasteiger partial charge on any atom is 0.318 e. The number of hydrogen-bond acceptors (Lipinski definition) is 25. The van der Waals surface area contributed by atoms with Crippen molar-refractivity contribution in [3.8, 4) is 34.2 Å². The number of likely N-dealkylation sites (tertiary alicyclic amines) is 3. The molecule has 608 valence electrons. The smallest absolute Gasteiger partial charge is 0.318 e. The summed E-state index contributed by atoms with van der Waals surface area (Å²) in [5, 5.41) is 32.8. The molecule has 0 spiro atoms. The number of nitrogens with zero attached hydrogens (tertiary/aromatic N) is 18. The Kier molecular flexibility index (Phi) is 24.4. The lowest BCUT2D eigenvalue weighted by Crippen LogP contribution is -2.44. The number of fused-ring (bicyclic) bond motifs is 3. The van der Waals surface area contributed by atoms with Crippen LogP contribution in [-0.2, 0) is 47.7 Å². The van der Waals surface area contributed by atoms with Crippen molar-refractivity contribution < 1.29 is 62.0 Å². The molecule has 8 aliphatic heterocycles. The first-order chi connectivity index (χ1) is 56.6. The van der Waals surface area contributed by atoms with Crippen molar-refractivity contribution in [3.63, 3.8) is 0 Å². The molecule has 14 heterocycles. The number of anilines is 6. The molecular formula is C79H94N24O13. The number of benzene rings is 3. The minimum atomic E-state index is -0.654. The highest BCUT2D eigenvalue weighted by Crippen LogP contribution is 2.38. The number of piperidine rings is 3. The zero-order valence-electron chi connectivity index (χ0n) is 65.0. The lowest BCUT2D eigenvalue weighted by atomic mass is 10.0. The van der Waals surface area contributed by atoms with Crippen LogP contribution in [0.2, 0.25) is 0 Å². The minimum Gasteiger partial charge on any atom is -0.452 e. The Bertz CT molecular complexity index is 4860. The third-order valence-electron chi connectivity index (χ3n) is 22.0. The van der Waals surface area contributed by atoms with Crippen molar-refractivity contribution in [2.45, 2.75) is 94.5 Å². The zero-order chi connectivity index (χ0) is 80.3. The lowest BCUT2D eigenvalue weighted by Gasteiger charge is -2.33. The largest absolute Gasteiger partial charge is 0.452 e. The van der Waals surface area contributed by atoms with Gasteiger partial charge in [-0.25, -0.2) is 58.3 Å². The molecule has 3 aromatic carbocycles. The van der Waals surface area contributed by atoms with E-state index in [0.29, 0.717) is 139 Å². The molecule has 0 saturated carbocycles. The number of rotatable bonds is 15. The van der Waals surface area contributed by atoms with Crippen molar-refractivity contribution in [2.75, 3.05) is 170 Å². The molecule has 9 aromatic rings. The van der Waals surface area contributed by atoms with E-state index in [-0.39, 0.29) is 65.9 Å². The molecule has 6 N–H and O–H groups in total. The monoisotopic (exact) mass is 1590 g/mol. The fourth-order valence-electron chi connectivity index (χ4n) is 15.6. The van der Waals surface area contributed by atoms with E-state index in [0.717, 1.165) is 145 Å². The fourth-order valence-corrected chi connectivity index (χ4v) is 15.6. The van der Waals surface area contributed by atoms with E-state index < -0.39 is 12.2 Å². The van der Waals surface area contributed by atoms with Gasteiger partial charge in [0.2, 0.25) is 5.91 Å². The summed E-state index contributed by atoms with van der Waals surface area (Å²) >= 11 is 0. The summed E-state index contributed by atoms with van der Waals surface area (Å²) in [6.07, 6.45) is 11.5. The highest BCUT2D eigenvalue weighted by Gasteiger charge is 2.39. The van der Waals surface area contributed by atoms with E-state index in [2.05, 4.69) is 53.2 Å². The second-order valence-electron chi connectivity index (χ2n) is 29.1. The van der Waals surface area contributed by atoms with Crippen molar-refractivity contribution >= 4 is 115 Å². The minimum absolute atomic E-state index is 0.0349. The van der Waals surface area contributed by atoms with Gasteiger partial charge in [-0.05, 0) is 117 Å². The molecule has 9 amide bonds. The first-order valence-electron chi connectivity index (χ1n) is 39.5. The summed E-state index contributed by atoms with van der Waals surface area (Å²) < 4.78 is 33.0. The number of nitrogens with one attached hydrogen (secondary N) is 6. The summed E-state index contributed by atoms with van der Waals surface area (Å²) in [4.78, 5) is 137. The molecule has 0 radical (unpaired) electrons. The Morgan fingerprint density at radius 2 is 0.672 bits per heavy atom. The quantitative estimate of drug-likeness (QED) is 0.0482. The summed E-state index contributed by atoms with van der Waals surface area (Å²) in [5.74, 6) is 3.35. The molecule has 8 fully saturated rings. The number of carbonyl (C=O) groups is 8. The SMILES string of the molecule is C=CC(=O)N1CCC(n2ncc3c(N4CCOCC4)nc(-c4ccc(NC(=O)NC)cc4)nc32)CC1.CNC(=O)Nc1ccc(-c2nc(N3CCOCC3)c3cnn(C4CCN(C(=O)[C@@H]5CCC(=O)O5)CC4)c3n2)cc1.CNC(=O)Nc1ccc(-c2nc(N3CCOCC3)c3cnn(C4CCN(C(=O)[C@H]5CCC(=O)O5)CC4)c3n2)cc1. The van der Waals surface area contributed by atoms with E-state index in [4.69, 9.17) is 68.9 Å². The molecule has 37 nitrogen and oxygen atoms in total. The molecule has 17 rings (SSSR count). The zero-order valence-corrected chi connectivity index (χ0v) is 65.0. The van der Waals surface area contributed by atoms with Crippen LogP contribution in [0.25, 0.3) is 67.3 Å². The normalized spacial score (nSPS) is 19.0. The van der Waals surface area contributed by atoms with Gasteiger partial charge in [0.15, 0.2) is 46.6 Å². The van der Waals surface area contributed by atoms with Crippen molar-refractivity contribution in [3.05, 3.63) is 104 Å². The van der Waals surface area contributed by atoms with Crippen LogP contribution < -0.4 is 46.6 Å². The molecule has 37 heteroatoms. The number of esters is 2. The van der Waals surface area contributed by atoms with Crippen LogP contribution in [0.15, 0.2) is 104 Å². The Balaban J connectivity index is 0.000000137. The predicted octanol–water partition coefficient (Wildman–Crippen LogP) is 6.33. The van der Waals surface area contributed by atoms with Crippen LogP contribution in [0.5, 0.6) is 0 Å². The van der Waals surface area contributed by atoms with Crippen LogP contribution in [-0.4, -0.2) is 273 Å². The fraction of sp³-hybridized carbons (Fsp3) is 0.456. The van der Waals surface area contributed by atoms with Crippen LogP contribution in [0.1, 0.15) is 82.3 Å². The van der Waals surface area contributed by atoms with Gasteiger partial charge in [-0.1, -0.05) is 6.58 Å². The second-order valence-corrected chi connectivity index (χ2v) is 29.1. The van der Waals surface area contributed by atoms with Crippen LogP contribution in [0, 0.1) is 0 Å². The van der Waals surface area contributed by atoms with E-state index in [1.54, 1.807) is 30.9 Å². The number of carbonyl (C=O) groups excluding carboxylic acids is 8. The molecule has 0 unspecified atom stereocenters. The van der Waals surface area contributed by atoms with Crippen molar-refractivity contribution in [1.29, 1.82) is 0 Å². The Morgan fingerprint density at radius 3 is 0.931 bits per heavy atom. The Morgan fingerprint density at radius 1 is 0.388 bits per heavy atom. The highest BCUT2D eigenvalue weighted by molar-refractivity contribution is 5.95. The summed E-state index contributed by atoms with van der Waals surface area (Å²) in [6, 6.07) is 21.7. The van der Waals surface area contributed by atoms with Gasteiger partial charge >= 0.3 is 30.0 Å². The maximum atomic E-state index is 12.8. The van der Waals surface area contributed by atoms with Crippen LogP contribution >= 0.6 is 0 Å². The van der Waals surface area contributed by atoms with Gasteiger partial charge < -0.3 is 85.0 Å². The van der Waals surface area contributed by atoms with E-state index in [9.17, 15) is 38.4 Å². The van der Waals surface area contributed by atoms with Gasteiger partial charge in [0.25, 0.3) is 11.8 Å². The molecule has 8 aliphatic rings. The standard InChI is InChI=1S/2C27H32N8O5.C25H30N8O3/c2*1-28-27(38)30-18-4-2-17(3-5-18)23-31-24(33-12-14-39-15-13-33)20-16-29-35(25(20)32-23)19-8-10-34(11-9-19)26(37)21-6-7-22(36)40-21;1-3-21(34)31-10-8-19(9-11-31)33-24-20(16-27-33)23(32-12-14-36-15-13-32)29-22(30-24)17-4-6-18(7-5-17)28-25(35)26-2/h2*2-5,16,19,21H,6-15H2,1H3,(H2,28,30,38);3-7,16,19H,1,8-15H2,2H3,(H2,26,28,35)/t2*21-;/m10./s1. The molecule has 6 aromatic heterocycles. The van der Waals surface area contributed by atoms with Gasteiger partial charge in [0, 0.05) is 159 Å². The molecule has 0 aliphatic carbocycles. The summed E-state index contributed by atoms with van der Waals surface area (Å²) in [7, 11) is 4.71.